The van der Waals surface area contributed by atoms with Crippen molar-refractivity contribution >= 4 is 21.7 Å². The number of hydrogen-bond donors (Lipinski definition) is 0. The molecule has 0 aliphatic heterocycles. The Labute approximate surface area is 108 Å². The van der Waals surface area contributed by atoms with Crippen LogP contribution in [0, 0.1) is 0 Å². The van der Waals surface area contributed by atoms with E-state index >= 15 is 0 Å². The van der Waals surface area contributed by atoms with E-state index in [2.05, 4.69) is 20.9 Å². The van der Waals surface area contributed by atoms with Crippen LogP contribution in [0.5, 0.6) is 5.75 Å². The number of pyridine rings is 1. The van der Waals surface area contributed by atoms with E-state index in [1.807, 2.05) is 0 Å². The van der Waals surface area contributed by atoms with E-state index in [9.17, 15) is 4.79 Å². The molecule has 86 valence electrons. The van der Waals surface area contributed by atoms with Gasteiger partial charge in [-0.3, -0.25) is 9.78 Å². The van der Waals surface area contributed by atoms with E-state index < -0.39 is 0 Å². The maximum absolute atomic E-state index is 12.1. The minimum absolute atomic E-state index is 0.111. The van der Waals surface area contributed by atoms with Crippen LogP contribution in [-0.4, -0.2) is 17.9 Å². The van der Waals surface area contributed by atoms with Crippen LogP contribution < -0.4 is 4.74 Å². The summed E-state index contributed by atoms with van der Waals surface area (Å²) in [5, 5.41) is 0. The number of hydrogen-bond acceptors (Lipinski definition) is 3. The smallest absolute Gasteiger partial charge is 0.212 e. The molecule has 0 saturated carbocycles. The molecule has 0 atom stereocenters. The van der Waals surface area contributed by atoms with Crippen LogP contribution in [-0.2, 0) is 0 Å². The molecule has 0 aliphatic carbocycles. The molecule has 0 spiro atoms. The van der Waals surface area contributed by atoms with Gasteiger partial charge in [0.05, 0.1) is 7.11 Å². The van der Waals surface area contributed by atoms with Gasteiger partial charge in [-0.1, -0.05) is 0 Å². The fourth-order valence-electron chi connectivity index (χ4n) is 1.43. The Balaban J connectivity index is 2.34. The molecular weight excluding hydrogens is 282 g/mol. The Bertz CT molecular complexity index is 537. The standard InChI is InChI=1S/C13H10BrNO2/c1-17-10-6-4-9(5-7-10)13(16)12-11(14)3-2-8-15-12/h2-8H,1H3. The van der Waals surface area contributed by atoms with E-state index in [4.69, 9.17) is 4.74 Å². The summed E-state index contributed by atoms with van der Waals surface area (Å²) in [6.45, 7) is 0. The van der Waals surface area contributed by atoms with Crippen molar-refractivity contribution in [3.8, 4) is 5.75 Å². The quantitative estimate of drug-likeness (QED) is 0.816. The Morgan fingerprint density at radius 3 is 2.53 bits per heavy atom. The fourth-order valence-corrected chi connectivity index (χ4v) is 1.87. The summed E-state index contributed by atoms with van der Waals surface area (Å²) < 4.78 is 5.74. The first-order valence-corrected chi connectivity index (χ1v) is 5.81. The molecule has 1 aromatic carbocycles. The molecule has 0 radical (unpaired) electrons. The van der Waals surface area contributed by atoms with Crippen molar-refractivity contribution in [2.24, 2.45) is 0 Å². The highest BCUT2D eigenvalue weighted by molar-refractivity contribution is 9.10. The number of aromatic nitrogens is 1. The number of carbonyl (C=O) groups is 1. The zero-order chi connectivity index (χ0) is 12.3. The topological polar surface area (TPSA) is 39.2 Å². The van der Waals surface area contributed by atoms with Gasteiger partial charge < -0.3 is 4.74 Å². The lowest BCUT2D eigenvalue weighted by Crippen LogP contribution is -2.04. The predicted molar refractivity (Wildman–Crippen MR) is 68.4 cm³/mol. The molecule has 0 saturated heterocycles. The number of benzene rings is 1. The van der Waals surface area contributed by atoms with Gasteiger partial charge in [0.2, 0.25) is 5.78 Å². The minimum atomic E-state index is -0.111. The Hall–Kier alpha value is -1.68. The summed E-state index contributed by atoms with van der Waals surface area (Å²) in [6, 6.07) is 10.5. The number of rotatable bonds is 3. The van der Waals surface area contributed by atoms with Crippen LogP contribution in [0.15, 0.2) is 47.1 Å². The van der Waals surface area contributed by atoms with Gasteiger partial charge in [-0.15, -0.1) is 0 Å². The summed E-state index contributed by atoms with van der Waals surface area (Å²) in [4.78, 5) is 16.2. The number of ether oxygens (including phenoxy) is 1. The van der Waals surface area contributed by atoms with Crippen molar-refractivity contribution < 1.29 is 9.53 Å². The normalized spacial score (nSPS) is 10.0. The van der Waals surface area contributed by atoms with Crippen molar-refractivity contribution in [1.29, 1.82) is 0 Å². The number of carbonyl (C=O) groups excluding carboxylic acids is 1. The largest absolute Gasteiger partial charge is 0.497 e. The molecule has 4 heteroatoms. The lowest BCUT2D eigenvalue weighted by molar-refractivity contribution is 0.103. The highest BCUT2D eigenvalue weighted by Gasteiger charge is 2.13. The second-order valence-corrected chi connectivity index (χ2v) is 4.25. The summed E-state index contributed by atoms with van der Waals surface area (Å²) in [5.74, 6) is 0.613. The van der Waals surface area contributed by atoms with Gasteiger partial charge in [-0.2, -0.15) is 0 Å². The van der Waals surface area contributed by atoms with Crippen LogP contribution in [0.2, 0.25) is 0 Å². The first kappa shape index (κ1) is 11.8. The highest BCUT2D eigenvalue weighted by Crippen LogP contribution is 2.19. The molecule has 17 heavy (non-hydrogen) atoms. The molecule has 0 amide bonds. The molecule has 2 rings (SSSR count). The van der Waals surface area contributed by atoms with Gasteiger partial charge in [0.25, 0.3) is 0 Å². The summed E-state index contributed by atoms with van der Waals surface area (Å²) in [7, 11) is 1.59. The van der Waals surface area contributed by atoms with E-state index in [-0.39, 0.29) is 5.78 Å². The number of nitrogens with zero attached hydrogens (tertiary/aromatic N) is 1. The third kappa shape index (κ3) is 2.53. The monoisotopic (exact) mass is 291 g/mol. The fraction of sp³-hybridized carbons (Fsp3) is 0.0769. The van der Waals surface area contributed by atoms with E-state index in [0.717, 1.165) is 5.75 Å². The lowest BCUT2D eigenvalue weighted by Gasteiger charge is -2.03. The SMILES string of the molecule is COc1ccc(C(=O)c2ncccc2Br)cc1. The van der Waals surface area contributed by atoms with Crippen molar-refractivity contribution in [2.45, 2.75) is 0 Å². The van der Waals surface area contributed by atoms with Crippen molar-refractivity contribution in [2.75, 3.05) is 7.11 Å². The molecule has 1 heterocycles. The maximum Gasteiger partial charge on any atom is 0.212 e. The van der Waals surface area contributed by atoms with Crippen LogP contribution >= 0.6 is 15.9 Å². The zero-order valence-corrected chi connectivity index (χ0v) is 10.8. The number of halogens is 1. The molecule has 2 aromatic rings. The zero-order valence-electron chi connectivity index (χ0n) is 9.18. The van der Waals surface area contributed by atoms with Gasteiger partial charge in [0.1, 0.15) is 11.4 Å². The first-order valence-electron chi connectivity index (χ1n) is 5.01. The molecule has 3 nitrogen and oxygen atoms in total. The molecule has 0 bridgehead atoms. The lowest BCUT2D eigenvalue weighted by atomic mass is 10.1. The average molecular weight is 292 g/mol. The first-order chi connectivity index (χ1) is 8.22. The second kappa shape index (κ2) is 5.10. The van der Waals surface area contributed by atoms with Crippen molar-refractivity contribution in [3.63, 3.8) is 0 Å². The van der Waals surface area contributed by atoms with Crippen LogP contribution in [0.25, 0.3) is 0 Å². The molecule has 0 N–H and O–H groups in total. The van der Waals surface area contributed by atoms with E-state index in [1.165, 1.54) is 0 Å². The van der Waals surface area contributed by atoms with Gasteiger partial charge in [0, 0.05) is 16.2 Å². The number of methoxy groups -OCH3 is 1. The Morgan fingerprint density at radius 1 is 1.24 bits per heavy atom. The summed E-state index contributed by atoms with van der Waals surface area (Å²) in [6.07, 6.45) is 1.60. The van der Waals surface area contributed by atoms with E-state index in [0.29, 0.717) is 15.7 Å². The molecule has 0 fully saturated rings. The summed E-state index contributed by atoms with van der Waals surface area (Å²) >= 11 is 3.31. The predicted octanol–water partition coefficient (Wildman–Crippen LogP) is 3.08. The van der Waals surface area contributed by atoms with Crippen LogP contribution in [0.3, 0.4) is 0 Å². The molecule has 0 unspecified atom stereocenters. The minimum Gasteiger partial charge on any atom is -0.497 e. The van der Waals surface area contributed by atoms with Crippen molar-refractivity contribution in [1.82, 2.24) is 4.98 Å². The highest BCUT2D eigenvalue weighted by atomic mass is 79.9. The van der Waals surface area contributed by atoms with Gasteiger partial charge in [-0.25, -0.2) is 0 Å². The Kier molecular flexibility index (Phi) is 3.54. The molecular formula is C13H10BrNO2. The Morgan fingerprint density at radius 2 is 1.94 bits per heavy atom. The van der Waals surface area contributed by atoms with Gasteiger partial charge in [-0.05, 0) is 52.3 Å². The molecule has 0 aliphatic rings. The average Bonchev–Trinajstić information content (AvgIpc) is 2.39. The van der Waals surface area contributed by atoms with Gasteiger partial charge in [0.15, 0.2) is 0 Å². The van der Waals surface area contributed by atoms with Crippen LogP contribution in [0.1, 0.15) is 16.1 Å². The third-order valence-electron chi connectivity index (χ3n) is 2.33. The maximum atomic E-state index is 12.1. The number of ketones is 1. The second-order valence-electron chi connectivity index (χ2n) is 3.39. The van der Waals surface area contributed by atoms with Crippen molar-refractivity contribution in [3.05, 3.63) is 58.3 Å². The van der Waals surface area contributed by atoms with Crippen LogP contribution in [0.4, 0.5) is 0 Å². The van der Waals surface area contributed by atoms with Gasteiger partial charge >= 0.3 is 0 Å². The summed E-state index contributed by atoms with van der Waals surface area (Å²) in [5.41, 5.74) is 1.00. The third-order valence-corrected chi connectivity index (χ3v) is 2.97. The molecule has 1 aromatic heterocycles. The van der Waals surface area contributed by atoms with E-state index in [1.54, 1.807) is 49.7 Å².